The molecule has 2 saturated heterocycles. The van der Waals surface area contributed by atoms with Crippen LogP contribution in [0.1, 0.15) is 39.0 Å². The van der Waals surface area contributed by atoms with E-state index in [4.69, 9.17) is 9.47 Å². The van der Waals surface area contributed by atoms with Gasteiger partial charge in [0.2, 0.25) is 0 Å². The Kier molecular flexibility index (Phi) is 4.32. The zero-order valence-corrected chi connectivity index (χ0v) is 15.2. The minimum Gasteiger partial charge on any atom is -0.493 e. The number of carbonyl (C=O) groups excluding carboxylic acids is 1. The molecule has 3 aliphatic rings. The lowest BCUT2D eigenvalue weighted by Crippen LogP contribution is -2.30. The molecule has 3 nitrogen and oxygen atoms in total. The van der Waals surface area contributed by atoms with Crippen LogP contribution in [-0.4, -0.2) is 26.0 Å². The van der Waals surface area contributed by atoms with Crippen LogP contribution >= 0.6 is 45.2 Å². The SMILES string of the molecule is CC(I)C1C/C(=C2\CC3CCCC(I)C3O2)C(=O)O1. The molecule has 3 fully saturated rings. The van der Waals surface area contributed by atoms with Crippen molar-refractivity contribution in [3.8, 4) is 0 Å². The monoisotopic (exact) mass is 488 g/mol. The van der Waals surface area contributed by atoms with Crippen molar-refractivity contribution in [3.05, 3.63) is 11.3 Å². The summed E-state index contributed by atoms with van der Waals surface area (Å²) in [5.41, 5.74) is 0.812. The molecule has 19 heavy (non-hydrogen) atoms. The van der Waals surface area contributed by atoms with Crippen molar-refractivity contribution in [2.75, 3.05) is 0 Å². The highest BCUT2D eigenvalue weighted by Crippen LogP contribution is 2.44. The van der Waals surface area contributed by atoms with Gasteiger partial charge in [0.25, 0.3) is 0 Å². The van der Waals surface area contributed by atoms with E-state index in [1.807, 2.05) is 0 Å². The Bertz CT molecular complexity index is 419. The highest BCUT2D eigenvalue weighted by atomic mass is 127. The van der Waals surface area contributed by atoms with Gasteiger partial charge in [0.05, 0.1) is 5.57 Å². The summed E-state index contributed by atoms with van der Waals surface area (Å²) in [6.45, 7) is 2.09. The highest BCUT2D eigenvalue weighted by molar-refractivity contribution is 14.1. The van der Waals surface area contributed by atoms with Crippen LogP contribution in [0.25, 0.3) is 0 Å². The molecule has 106 valence electrons. The Morgan fingerprint density at radius 1 is 1.26 bits per heavy atom. The molecule has 5 heteroatoms. The van der Waals surface area contributed by atoms with Gasteiger partial charge < -0.3 is 9.47 Å². The van der Waals surface area contributed by atoms with Crippen LogP contribution in [0.4, 0.5) is 0 Å². The number of cyclic esters (lactones) is 1. The van der Waals surface area contributed by atoms with E-state index >= 15 is 0 Å². The molecule has 5 unspecified atom stereocenters. The van der Waals surface area contributed by atoms with E-state index < -0.39 is 0 Å². The predicted molar refractivity (Wildman–Crippen MR) is 89.6 cm³/mol. The summed E-state index contributed by atoms with van der Waals surface area (Å²) in [5, 5.41) is 0. The minimum atomic E-state index is -0.146. The summed E-state index contributed by atoms with van der Waals surface area (Å²) in [7, 11) is 0. The second-order valence-corrected chi connectivity index (χ2v) is 9.29. The molecule has 0 radical (unpaired) electrons. The first-order valence-electron chi connectivity index (χ1n) is 6.94. The molecule has 0 amide bonds. The number of halogens is 2. The molecular formula is C14H18I2O3. The maximum Gasteiger partial charge on any atom is 0.337 e. The maximum absolute atomic E-state index is 12.0. The lowest BCUT2D eigenvalue weighted by Gasteiger charge is -2.28. The largest absolute Gasteiger partial charge is 0.493 e. The molecule has 0 N–H and O–H groups in total. The molecule has 2 aliphatic heterocycles. The van der Waals surface area contributed by atoms with Gasteiger partial charge in [0.15, 0.2) is 0 Å². The van der Waals surface area contributed by atoms with Crippen molar-refractivity contribution in [2.45, 2.75) is 59.1 Å². The second-order valence-electron chi connectivity index (χ2n) is 5.72. The predicted octanol–water partition coefficient (Wildman–Crippen LogP) is 3.77. The number of carbonyl (C=O) groups is 1. The van der Waals surface area contributed by atoms with E-state index in [0.29, 0.717) is 19.9 Å². The number of fused-ring (bicyclic) bond motifs is 1. The highest BCUT2D eigenvalue weighted by Gasteiger charge is 2.43. The van der Waals surface area contributed by atoms with Crippen molar-refractivity contribution in [2.24, 2.45) is 5.92 Å². The van der Waals surface area contributed by atoms with Crippen molar-refractivity contribution >= 4 is 51.2 Å². The number of rotatable bonds is 1. The molecule has 5 atom stereocenters. The molecule has 0 aromatic carbocycles. The zero-order valence-electron chi connectivity index (χ0n) is 10.9. The first kappa shape index (κ1) is 14.4. The molecule has 0 bridgehead atoms. The average molecular weight is 488 g/mol. The first-order chi connectivity index (χ1) is 9.06. The third kappa shape index (κ3) is 2.78. The quantitative estimate of drug-likeness (QED) is 0.244. The third-order valence-electron chi connectivity index (χ3n) is 4.36. The maximum atomic E-state index is 12.0. The Labute approximate surface area is 141 Å². The van der Waals surface area contributed by atoms with Gasteiger partial charge in [-0.15, -0.1) is 0 Å². The summed E-state index contributed by atoms with van der Waals surface area (Å²) < 4.78 is 12.5. The lowest BCUT2D eigenvalue weighted by molar-refractivity contribution is -0.138. The summed E-state index contributed by atoms with van der Waals surface area (Å²) in [5.74, 6) is 1.40. The van der Waals surface area contributed by atoms with Crippen LogP contribution in [0.2, 0.25) is 0 Å². The normalized spacial score (nSPS) is 43.6. The molecule has 3 rings (SSSR count). The van der Waals surface area contributed by atoms with Crippen molar-refractivity contribution < 1.29 is 14.3 Å². The smallest absolute Gasteiger partial charge is 0.337 e. The van der Waals surface area contributed by atoms with Gasteiger partial charge in [0.1, 0.15) is 18.0 Å². The molecule has 1 saturated carbocycles. The number of ether oxygens (including phenoxy) is 2. The summed E-state index contributed by atoms with van der Waals surface area (Å²) in [4.78, 5) is 12.0. The van der Waals surface area contributed by atoms with E-state index in [1.165, 1.54) is 19.3 Å². The molecule has 1 aliphatic carbocycles. The average Bonchev–Trinajstić information content (AvgIpc) is 2.93. The van der Waals surface area contributed by atoms with Crippen LogP contribution in [0.3, 0.4) is 0 Å². The van der Waals surface area contributed by atoms with Gasteiger partial charge in [-0.3, -0.25) is 0 Å². The standard InChI is InChI=1S/C14H18I2O3/c1-7(15)11-6-9(14(17)19-11)12-5-8-3-2-4-10(16)13(8)18-12/h7-8,10-11,13H,2-6H2,1H3/b12-9-. The lowest BCUT2D eigenvalue weighted by atomic mass is 9.85. The van der Waals surface area contributed by atoms with Crippen LogP contribution in [0, 0.1) is 5.92 Å². The summed E-state index contributed by atoms with van der Waals surface area (Å²) in [6.07, 6.45) is 5.78. The van der Waals surface area contributed by atoms with Gasteiger partial charge in [-0.25, -0.2) is 4.79 Å². The number of hydrogen-bond donors (Lipinski definition) is 0. The topological polar surface area (TPSA) is 35.5 Å². The molecule has 0 aromatic heterocycles. The van der Waals surface area contributed by atoms with E-state index in [9.17, 15) is 4.79 Å². The molecule has 2 heterocycles. The third-order valence-corrected chi connectivity index (χ3v) is 6.49. The number of hydrogen-bond acceptors (Lipinski definition) is 3. The fourth-order valence-electron chi connectivity index (χ4n) is 3.25. The Morgan fingerprint density at radius 2 is 2.05 bits per heavy atom. The van der Waals surface area contributed by atoms with Crippen LogP contribution in [-0.2, 0) is 14.3 Å². The summed E-state index contributed by atoms with van der Waals surface area (Å²) >= 11 is 4.82. The molecule has 0 spiro atoms. The number of esters is 1. The van der Waals surface area contributed by atoms with Gasteiger partial charge in [0, 0.05) is 26.6 Å². The van der Waals surface area contributed by atoms with Crippen molar-refractivity contribution in [1.82, 2.24) is 0 Å². The zero-order chi connectivity index (χ0) is 13.6. The molecule has 0 aromatic rings. The van der Waals surface area contributed by atoms with Crippen LogP contribution in [0.5, 0.6) is 0 Å². The second kappa shape index (κ2) is 5.69. The van der Waals surface area contributed by atoms with Crippen LogP contribution < -0.4 is 0 Å². The Hall–Kier alpha value is 0.470. The van der Waals surface area contributed by atoms with E-state index in [-0.39, 0.29) is 12.1 Å². The van der Waals surface area contributed by atoms with Crippen molar-refractivity contribution in [1.29, 1.82) is 0 Å². The first-order valence-corrected chi connectivity index (χ1v) is 9.43. The van der Waals surface area contributed by atoms with Crippen molar-refractivity contribution in [3.63, 3.8) is 0 Å². The fourth-order valence-corrected chi connectivity index (χ4v) is 4.83. The fraction of sp³-hybridized carbons (Fsp3) is 0.786. The van der Waals surface area contributed by atoms with Gasteiger partial charge in [-0.05, 0) is 19.8 Å². The van der Waals surface area contributed by atoms with Gasteiger partial charge >= 0.3 is 5.97 Å². The number of allylic oxidation sites excluding steroid dienone is 1. The van der Waals surface area contributed by atoms with Crippen LogP contribution in [0.15, 0.2) is 11.3 Å². The van der Waals surface area contributed by atoms with E-state index in [1.54, 1.807) is 0 Å². The Balaban J connectivity index is 1.79. The summed E-state index contributed by atoms with van der Waals surface area (Å²) in [6, 6.07) is 0. The van der Waals surface area contributed by atoms with Gasteiger partial charge in [-0.1, -0.05) is 51.6 Å². The van der Waals surface area contributed by atoms with E-state index in [0.717, 1.165) is 24.2 Å². The molecular weight excluding hydrogens is 470 g/mol. The van der Waals surface area contributed by atoms with E-state index in [2.05, 4.69) is 52.1 Å². The number of alkyl halides is 2. The minimum absolute atomic E-state index is 0.0252. The Morgan fingerprint density at radius 3 is 2.68 bits per heavy atom. The van der Waals surface area contributed by atoms with Gasteiger partial charge in [-0.2, -0.15) is 0 Å².